The van der Waals surface area contributed by atoms with Gasteiger partial charge in [0.2, 0.25) is 11.5 Å². The minimum absolute atomic E-state index is 0.0104. The summed E-state index contributed by atoms with van der Waals surface area (Å²) >= 11 is 1.63. The topological polar surface area (TPSA) is 128 Å². The third-order valence-electron chi connectivity index (χ3n) is 8.78. The van der Waals surface area contributed by atoms with Crippen molar-refractivity contribution in [3.05, 3.63) is 50.2 Å². The lowest BCUT2D eigenvalue weighted by atomic mass is 9.94. The van der Waals surface area contributed by atoms with Crippen LogP contribution in [-0.2, 0) is 39.3 Å². The molecule has 10 nitrogen and oxygen atoms in total. The van der Waals surface area contributed by atoms with E-state index in [9.17, 15) is 24.3 Å². The number of carbonyl (C=O) groups excluding carboxylic acids is 4. The second-order valence-corrected chi connectivity index (χ2v) is 12.3. The Morgan fingerprint density at radius 3 is 2.67 bits per heavy atom. The number of ether oxygens (including phenoxy) is 1. The third kappa shape index (κ3) is 4.01. The van der Waals surface area contributed by atoms with E-state index in [1.807, 2.05) is 0 Å². The first kappa shape index (κ1) is 25.8. The number of aliphatic hydroxyl groups is 1. The van der Waals surface area contributed by atoms with E-state index in [2.05, 4.69) is 24.5 Å². The number of fused-ring (bicyclic) bond motifs is 3. The summed E-state index contributed by atoms with van der Waals surface area (Å²) in [7, 11) is 1.52. The summed E-state index contributed by atoms with van der Waals surface area (Å²) in [6.45, 7) is 3.91. The van der Waals surface area contributed by atoms with Gasteiger partial charge < -0.3 is 25.4 Å². The van der Waals surface area contributed by atoms with E-state index >= 15 is 0 Å². The number of nitrogens with one attached hydrogen (secondary N) is 2. The van der Waals surface area contributed by atoms with Crippen LogP contribution in [0.3, 0.4) is 0 Å². The molecule has 3 N–H and O–H groups in total. The van der Waals surface area contributed by atoms with Crippen LogP contribution in [0.5, 0.6) is 0 Å². The predicted molar refractivity (Wildman–Crippen MR) is 143 cm³/mol. The van der Waals surface area contributed by atoms with Crippen molar-refractivity contribution in [2.75, 3.05) is 18.9 Å². The van der Waals surface area contributed by atoms with Gasteiger partial charge in [-0.15, -0.1) is 11.3 Å². The van der Waals surface area contributed by atoms with Crippen LogP contribution in [0.25, 0.3) is 0 Å². The molecule has 6 rings (SSSR count). The van der Waals surface area contributed by atoms with Gasteiger partial charge >= 0.3 is 12.1 Å². The first-order valence-corrected chi connectivity index (χ1v) is 14.2. The molecule has 1 aromatic heterocycles. The van der Waals surface area contributed by atoms with Crippen molar-refractivity contribution in [1.82, 2.24) is 15.1 Å². The molecule has 11 heteroatoms. The van der Waals surface area contributed by atoms with E-state index in [0.29, 0.717) is 30.5 Å². The van der Waals surface area contributed by atoms with E-state index in [0.717, 1.165) is 28.2 Å². The number of hydrogen-bond acceptors (Lipinski definition) is 7. The number of nitrogens with zero attached hydrogens (tertiary/aromatic N) is 2. The van der Waals surface area contributed by atoms with Crippen molar-refractivity contribution in [2.45, 2.75) is 70.2 Å². The van der Waals surface area contributed by atoms with E-state index in [1.54, 1.807) is 29.5 Å². The highest BCUT2D eigenvalue weighted by atomic mass is 32.1. The maximum absolute atomic E-state index is 13.8. The summed E-state index contributed by atoms with van der Waals surface area (Å²) in [6, 6.07) is 4.75. The molecule has 2 aliphatic heterocycles. The fourth-order valence-electron chi connectivity index (χ4n) is 6.34. The van der Waals surface area contributed by atoms with Gasteiger partial charge in [0.25, 0.3) is 5.91 Å². The van der Waals surface area contributed by atoms with Crippen LogP contribution in [0.1, 0.15) is 57.7 Å². The zero-order valence-electron chi connectivity index (χ0n) is 22.3. The zero-order chi connectivity index (χ0) is 27.7. The highest BCUT2D eigenvalue weighted by Gasteiger charge is 2.59. The Balaban J connectivity index is 1.25. The first-order chi connectivity index (χ1) is 18.6. The van der Waals surface area contributed by atoms with Crippen LogP contribution in [-0.4, -0.2) is 58.2 Å². The molecule has 206 valence electrons. The van der Waals surface area contributed by atoms with Crippen LogP contribution in [0, 0.1) is 19.8 Å². The third-order valence-corrected chi connectivity index (χ3v) is 10.0. The average Bonchev–Trinajstić information content (AvgIpc) is 3.64. The monoisotopic (exact) mass is 552 g/mol. The standard InChI is InChI=1S/C28H32N4O6S/c1-15-16(2)39-22-13-32(28(37,18-4-5-18)11-9-20(15)22)23(33)14-31-24(34)27(38-26(31)36)10-8-17-12-19(6-7-21(17)27)30-25(35)29-3/h6-7,12,18,37H,4-5,8-11,13-14H2,1-3H3,(H2,29,30,35)/t27-,28-/m0/s1. The normalized spacial score (nSPS) is 25.8. The second kappa shape index (κ2) is 9.06. The fraction of sp³-hybridized carbons (Fsp3) is 0.500. The number of carbonyl (C=O) groups is 4. The Bertz CT molecular complexity index is 1420. The summed E-state index contributed by atoms with van der Waals surface area (Å²) in [4.78, 5) is 56.9. The number of benzene rings is 1. The van der Waals surface area contributed by atoms with Crippen LogP contribution in [0.15, 0.2) is 18.2 Å². The van der Waals surface area contributed by atoms with Crippen molar-refractivity contribution in [1.29, 1.82) is 0 Å². The maximum Gasteiger partial charge on any atom is 0.418 e. The maximum atomic E-state index is 13.8. The van der Waals surface area contributed by atoms with Crippen LogP contribution in [0.4, 0.5) is 15.3 Å². The van der Waals surface area contributed by atoms with Gasteiger partial charge in [-0.3, -0.25) is 9.59 Å². The van der Waals surface area contributed by atoms with E-state index in [-0.39, 0.29) is 24.9 Å². The number of aryl methyl sites for hydroxylation is 2. The minimum atomic E-state index is -1.49. The number of urea groups is 1. The Morgan fingerprint density at radius 1 is 1.18 bits per heavy atom. The van der Waals surface area contributed by atoms with Gasteiger partial charge in [0.05, 0.1) is 6.54 Å². The van der Waals surface area contributed by atoms with Gasteiger partial charge in [0.1, 0.15) is 12.3 Å². The van der Waals surface area contributed by atoms with Gasteiger partial charge in [-0.2, -0.15) is 0 Å². The highest BCUT2D eigenvalue weighted by Crippen LogP contribution is 2.49. The molecule has 1 saturated heterocycles. The zero-order valence-corrected chi connectivity index (χ0v) is 23.1. The largest absolute Gasteiger partial charge is 0.427 e. The molecule has 2 atom stereocenters. The van der Waals surface area contributed by atoms with Crippen LogP contribution < -0.4 is 10.6 Å². The molecule has 1 saturated carbocycles. The van der Waals surface area contributed by atoms with Crippen molar-refractivity contribution in [3.8, 4) is 0 Å². The molecule has 0 unspecified atom stereocenters. The highest BCUT2D eigenvalue weighted by molar-refractivity contribution is 7.12. The Morgan fingerprint density at radius 2 is 1.95 bits per heavy atom. The lowest BCUT2D eigenvalue weighted by Crippen LogP contribution is -2.55. The van der Waals surface area contributed by atoms with Gasteiger partial charge in [-0.1, -0.05) is 6.07 Å². The molecule has 3 heterocycles. The lowest BCUT2D eigenvalue weighted by molar-refractivity contribution is -0.170. The van der Waals surface area contributed by atoms with Crippen molar-refractivity contribution in [2.24, 2.45) is 5.92 Å². The number of thiophene rings is 1. The first-order valence-electron chi connectivity index (χ1n) is 13.3. The molecule has 4 aliphatic rings. The van der Waals surface area contributed by atoms with Gasteiger partial charge in [0, 0.05) is 40.4 Å². The quantitative estimate of drug-likeness (QED) is 0.534. The van der Waals surface area contributed by atoms with Gasteiger partial charge in [-0.05, 0) is 74.8 Å². The Kier molecular flexibility index (Phi) is 5.99. The molecule has 5 amide bonds. The molecular weight excluding hydrogens is 520 g/mol. The van der Waals surface area contributed by atoms with E-state index in [4.69, 9.17) is 4.74 Å². The molecule has 2 aliphatic carbocycles. The fourth-order valence-corrected chi connectivity index (χ4v) is 7.56. The number of anilines is 1. The van der Waals surface area contributed by atoms with E-state index in [1.165, 1.54) is 28.0 Å². The molecule has 2 fully saturated rings. The number of amides is 5. The van der Waals surface area contributed by atoms with E-state index < -0.39 is 35.8 Å². The average molecular weight is 553 g/mol. The van der Waals surface area contributed by atoms with Crippen molar-refractivity contribution >= 4 is 41.0 Å². The van der Waals surface area contributed by atoms with Gasteiger partial charge in [0.15, 0.2) is 0 Å². The van der Waals surface area contributed by atoms with Crippen molar-refractivity contribution < 1.29 is 29.0 Å². The summed E-state index contributed by atoms with van der Waals surface area (Å²) in [5.41, 5.74) is 1.52. The number of imide groups is 1. The molecule has 1 aromatic carbocycles. The number of hydrogen-bond donors (Lipinski definition) is 3. The Hall–Kier alpha value is -3.44. The molecular formula is C28H32N4O6S. The Labute approximate surface area is 230 Å². The van der Waals surface area contributed by atoms with Crippen LogP contribution in [0.2, 0.25) is 0 Å². The van der Waals surface area contributed by atoms with Gasteiger partial charge in [-0.25, -0.2) is 14.5 Å². The summed E-state index contributed by atoms with van der Waals surface area (Å²) in [5.74, 6) is -1.05. The predicted octanol–water partition coefficient (Wildman–Crippen LogP) is 3.31. The second-order valence-electron chi connectivity index (χ2n) is 11.0. The summed E-state index contributed by atoms with van der Waals surface area (Å²) < 4.78 is 5.71. The molecule has 1 spiro atoms. The smallest absolute Gasteiger partial charge is 0.418 e. The minimum Gasteiger partial charge on any atom is -0.427 e. The van der Waals surface area contributed by atoms with Crippen LogP contribution >= 0.6 is 11.3 Å². The van der Waals surface area contributed by atoms with Crippen molar-refractivity contribution in [3.63, 3.8) is 0 Å². The summed E-state index contributed by atoms with van der Waals surface area (Å²) in [5, 5.41) is 17.0. The lowest BCUT2D eigenvalue weighted by Gasteiger charge is -2.39. The summed E-state index contributed by atoms with van der Waals surface area (Å²) in [6.07, 6.45) is 2.67. The SMILES string of the molecule is CNC(=O)Nc1ccc2c(c1)CC[C@]21OC(=O)N(CC(=O)N2Cc3sc(C)c(C)c3CC[C@]2(O)C2CC2)C1=O. The molecule has 39 heavy (non-hydrogen) atoms. The number of rotatable bonds is 4. The molecule has 2 aromatic rings. The molecule has 0 radical (unpaired) electrons. The molecule has 0 bridgehead atoms.